The van der Waals surface area contributed by atoms with Crippen LogP contribution in [-0.2, 0) is 9.53 Å². The van der Waals surface area contributed by atoms with Crippen molar-refractivity contribution in [1.82, 2.24) is 10.6 Å². The van der Waals surface area contributed by atoms with Gasteiger partial charge in [-0.05, 0) is 22.9 Å². The first-order valence-electron chi connectivity index (χ1n) is 3.60. The van der Waals surface area contributed by atoms with E-state index in [4.69, 9.17) is 4.74 Å². The predicted octanol–water partition coefficient (Wildman–Crippen LogP) is 0.249. The second-order valence-electron chi connectivity index (χ2n) is 2.39. The number of carbonyl (C=O) groups excluding carboxylic acids is 2. The molecule has 0 bridgehead atoms. The van der Waals surface area contributed by atoms with Gasteiger partial charge in [-0.2, -0.15) is 0 Å². The van der Waals surface area contributed by atoms with Crippen molar-refractivity contribution in [3.8, 4) is 0 Å². The first-order chi connectivity index (χ1) is 5.98. The van der Waals surface area contributed by atoms with Crippen LogP contribution in [0.5, 0.6) is 0 Å². The Bertz CT molecular complexity index is 246. The Morgan fingerprint density at radius 1 is 1.69 bits per heavy atom. The number of hydrogen-bond acceptors (Lipinski definition) is 3. The summed E-state index contributed by atoms with van der Waals surface area (Å²) >= 11 is 2.53. The van der Waals surface area contributed by atoms with Crippen molar-refractivity contribution >= 4 is 27.9 Å². The third-order valence-corrected chi connectivity index (χ3v) is 2.23. The zero-order chi connectivity index (χ0) is 10.1. The zero-order valence-electron chi connectivity index (χ0n) is 6.77. The molecule has 2 atom stereocenters. The summed E-state index contributed by atoms with van der Waals surface area (Å²) in [7, 11) is 0. The van der Waals surface area contributed by atoms with Crippen molar-refractivity contribution in [3.05, 3.63) is 0 Å². The summed E-state index contributed by atoms with van der Waals surface area (Å²) in [6.45, 7) is 1.82. The molecule has 1 rings (SSSR count). The Kier molecular flexibility index (Phi) is 2.87. The number of rotatable bonds is 2. The standard InChI is InChI=1S/C6H8BrFN2O3/c1-2-13-4-6(7,8)3(11)9-5(12)10-4/h4H,2H2,1H3,(H2,9,10,11,12)/t4-,6-/m1/s1. The lowest BCUT2D eigenvalue weighted by atomic mass is 10.2. The minimum absolute atomic E-state index is 0.190. The molecule has 0 aromatic rings. The molecule has 3 amide bonds. The fraction of sp³-hybridized carbons (Fsp3) is 0.667. The minimum Gasteiger partial charge on any atom is -0.354 e. The van der Waals surface area contributed by atoms with Crippen molar-refractivity contribution in [2.45, 2.75) is 17.7 Å². The highest BCUT2D eigenvalue weighted by Crippen LogP contribution is 2.27. The molecule has 0 radical (unpaired) electrons. The molecule has 0 aliphatic carbocycles. The molecule has 1 aliphatic heterocycles. The maximum atomic E-state index is 13.5. The maximum Gasteiger partial charge on any atom is 0.323 e. The van der Waals surface area contributed by atoms with Crippen molar-refractivity contribution in [3.63, 3.8) is 0 Å². The van der Waals surface area contributed by atoms with Gasteiger partial charge in [-0.3, -0.25) is 10.1 Å². The van der Waals surface area contributed by atoms with Gasteiger partial charge < -0.3 is 10.1 Å². The fourth-order valence-corrected chi connectivity index (χ4v) is 1.21. The van der Waals surface area contributed by atoms with Crippen molar-refractivity contribution < 1.29 is 18.7 Å². The maximum absolute atomic E-state index is 13.5. The number of alkyl halides is 2. The van der Waals surface area contributed by atoms with E-state index >= 15 is 0 Å². The van der Waals surface area contributed by atoms with E-state index in [-0.39, 0.29) is 6.61 Å². The Hall–Kier alpha value is -0.690. The number of carbonyl (C=O) groups is 2. The normalized spacial score (nSPS) is 33.9. The third kappa shape index (κ3) is 1.97. The third-order valence-electron chi connectivity index (χ3n) is 1.45. The molecule has 0 aromatic heterocycles. The van der Waals surface area contributed by atoms with E-state index in [1.54, 1.807) is 12.2 Å². The van der Waals surface area contributed by atoms with Gasteiger partial charge in [-0.1, -0.05) is 0 Å². The molecule has 74 valence electrons. The molecular formula is C6H8BrFN2O3. The van der Waals surface area contributed by atoms with Gasteiger partial charge in [-0.15, -0.1) is 0 Å². The van der Waals surface area contributed by atoms with Crippen LogP contribution in [0, 0.1) is 0 Å². The molecule has 1 aliphatic rings. The quantitative estimate of drug-likeness (QED) is 0.695. The van der Waals surface area contributed by atoms with Gasteiger partial charge in [0, 0.05) is 6.61 Å². The Morgan fingerprint density at radius 3 is 2.85 bits per heavy atom. The average Bonchev–Trinajstić information content (AvgIpc) is 2.01. The van der Waals surface area contributed by atoms with Crippen LogP contribution in [0.4, 0.5) is 9.18 Å². The van der Waals surface area contributed by atoms with Crippen molar-refractivity contribution in [1.29, 1.82) is 0 Å². The van der Waals surface area contributed by atoms with Crippen LogP contribution < -0.4 is 10.6 Å². The van der Waals surface area contributed by atoms with E-state index in [1.165, 1.54) is 0 Å². The summed E-state index contributed by atoms with van der Waals surface area (Å²) in [6, 6.07) is -0.767. The topological polar surface area (TPSA) is 67.4 Å². The summed E-state index contributed by atoms with van der Waals surface area (Å²) in [5.74, 6) is -1.06. The molecular weight excluding hydrogens is 247 g/mol. The molecule has 0 saturated carbocycles. The zero-order valence-corrected chi connectivity index (χ0v) is 8.35. The molecule has 1 fully saturated rings. The summed E-state index contributed by atoms with van der Waals surface area (Å²) < 4.78 is 15.9. The first kappa shape index (κ1) is 10.4. The van der Waals surface area contributed by atoms with Gasteiger partial charge in [0.25, 0.3) is 10.5 Å². The van der Waals surface area contributed by atoms with Gasteiger partial charge in [0.15, 0.2) is 6.23 Å². The van der Waals surface area contributed by atoms with Crippen LogP contribution in [0.15, 0.2) is 0 Å². The average molecular weight is 255 g/mol. The molecule has 1 heterocycles. The minimum atomic E-state index is -2.41. The Labute approximate surface area is 82.1 Å². The van der Waals surface area contributed by atoms with Gasteiger partial charge in [0.2, 0.25) is 0 Å². The van der Waals surface area contributed by atoms with Crippen LogP contribution in [0.25, 0.3) is 0 Å². The van der Waals surface area contributed by atoms with Gasteiger partial charge in [0.1, 0.15) is 0 Å². The smallest absolute Gasteiger partial charge is 0.323 e. The fourth-order valence-electron chi connectivity index (χ4n) is 0.864. The Morgan fingerprint density at radius 2 is 2.31 bits per heavy atom. The van der Waals surface area contributed by atoms with Crippen LogP contribution in [0.2, 0.25) is 0 Å². The lowest BCUT2D eigenvalue weighted by Crippen LogP contribution is -2.65. The van der Waals surface area contributed by atoms with Crippen LogP contribution in [-0.4, -0.2) is 29.4 Å². The van der Waals surface area contributed by atoms with E-state index in [2.05, 4.69) is 21.2 Å². The number of nitrogens with one attached hydrogen (secondary N) is 2. The highest BCUT2D eigenvalue weighted by Gasteiger charge is 2.50. The number of ether oxygens (including phenoxy) is 1. The first-order valence-corrected chi connectivity index (χ1v) is 4.39. The number of hydrogen-bond donors (Lipinski definition) is 2. The Balaban J connectivity index is 2.78. The second-order valence-corrected chi connectivity index (χ2v) is 3.54. The van der Waals surface area contributed by atoms with E-state index in [9.17, 15) is 14.0 Å². The van der Waals surface area contributed by atoms with E-state index in [0.717, 1.165) is 0 Å². The molecule has 0 spiro atoms. The molecule has 5 nitrogen and oxygen atoms in total. The lowest BCUT2D eigenvalue weighted by Gasteiger charge is -2.31. The van der Waals surface area contributed by atoms with Gasteiger partial charge in [0.05, 0.1) is 0 Å². The van der Waals surface area contributed by atoms with Crippen LogP contribution >= 0.6 is 15.9 Å². The number of halogens is 2. The van der Waals surface area contributed by atoms with E-state index in [1.807, 2.05) is 0 Å². The predicted molar refractivity (Wildman–Crippen MR) is 44.9 cm³/mol. The van der Waals surface area contributed by atoms with Gasteiger partial charge in [-0.25, -0.2) is 9.18 Å². The van der Waals surface area contributed by atoms with Crippen LogP contribution in [0.3, 0.4) is 0 Å². The molecule has 1 saturated heterocycles. The molecule has 7 heteroatoms. The largest absolute Gasteiger partial charge is 0.354 e. The van der Waals surface area contributed by atoms with Crippen molar-refractivity contribution in [2.24, 2.45) is 0 Å². The number of imide groups is 1. The summed E-state index contributed by atoms with van der Waals surface area (Å²) in [5.41, 5.74) is 0. The monoisotopic (exact) mass is 254 g/mol. The SMILES string of the molecule is CCO[C@H]1NC(=O)NC(=O)[C@]1(F)Br. The van der Waals surface area contributed by atoms with Crippen molar-refractivity contribution in [2.75, 3.05) is 6.61 Å². The molecule has 2 N–H and O–H groups in total. The summed E-state index contributed by atoms with van der Waals surface area (Å²) in [6.07, 6.45) is -1.29. The lowest BCUT2D eigenvalue weighted by molar-refractivity contribution is -0.136. The van der Waals surface area contributed by atoms with E-state index < -0.39 is 22.7 Å². The van der Waals surface area contributed by atoms with Gasteiger partial charge >= 0.3 is 6.03 Å². The summed E-state index contributed by atoms with van der Waals surface area (Å²) in [5, 5.41) is 3.89. The molecule has 0 unspecified atom stereocenters. The second kappa shape index (κ2) is 3.59. The van der Waals surface area contributed by atoms with Crippen LogP contribution in [0.1, 0.15) is 6.92 Å². The molecule has 13 heavy (non-hydrogen) atoms. The number of urea groups is 1. The summed E-state index contributed by atoms with van der Waals surface area (Å²) in [4.78, 5) is 21.7. The highest BCUT2D eigenvalue weighted by atomic mass is 79.9. The molecule has 0 aromatic carbocycles. The van der Waals surface area contributed by atoms with E-state index in [0.29, 0.717) is 0 Å². The number of amides is 3. The highest BCUT2D eigenvalue weighted by molar-refractivity contribution is 9.10.